The van der Waals surface area contributed by atoms with Crippen LogP contribution in [0.3, 0.4) is 0 Å². The first-order valence-electron chi connectivity index (χ1n) is 21.5. The third-order valence-corrected chi connectivity index (χ3v) is 10.3. The van der Waals surface area contributed by atoms with Crippen molar-refractivity contribution in [3.8, 4) is 0 Å². The number of quaternary nitrogens is 1. The minimum absolute atomic E-state index is 0.0440. The number of unbranched alkanes of at least 4 members (excludes halogenated alkanes) is 13. The van der Waals surface area contributed by atoms with E-state index in [9.17, 15) is 19.0 Å². The Bertz CT molecular complexity index is 1150. The molecule has 0 aromatic carbocycles. The summed E-state index contributed by atoms with van der Waals surface area (Å²) in [6.45, 7) is 4.05. The van der Waals surface area contributed by atoms with Gasteiger partial charge in [0.05, 0.1) is 40.0 Å². The van der Waals surface area contributed by atoms with Gasteiger partial charge in [-0.05, 0) is 51.4 Å². The van der Waals surface area contributed by atoms with Gasteiger partial charge < -0.3 is 32.6 Å². The van der Waals surface area contributed by atoms with Crippen LogP contribution in [0.2, 0.25) is 0 Å². The highest BCUT2D eigenvalue weighted by Crippen LogP contribution is 2.38. The molecule has 0 aromatic rings. The Labute approximate surface area is 335 Å². The van der Waals surface area contributed by atoms with Gasteiger partial charge in [0.2, 0.25) is 0 Å². The van der Waals surface area contributed by atoms with Crippen LogP contribution in [0, 0.1) is 0 Å². The minimum atomic E-state index is -4.64. The van der Waals surface area contributed by atoms with Gasteiger partial charge in [0, 0.05) is 12.8 Å². The average molecular weight is 796 g/mol. The summed E-state index contributed by atoms with van der Waals surface area (Å²) >= 11 is 0. The smallest absolute Gasteiger partial charge is 0.306 e. The monoisotopic (exact) mass is 796 g/mol. The van der Waals surface area contributed by atoms with Crippen LogP contribution in [0.1, 0.15) is 155 Å². The molecular weight excluding hydrogens is 717 g/mol. The molecule has 11 heteroatoms. The van der Waals surface area contributed by atoms with Crippen LogP contribution < -0.4 is 4.89 Å². The fraction of sp³-hybridized carbons (Fsp3) is 0.773. The zero-order chi connectivity index (χ0) is 40.5. The summed E-state index contributed by atoms with van der Waals surface area (Å²) in [6.07, 6.45) is 39.1. The van der Waals surface area contributed by atoms with Crippen molar-refractivity contribution in [1.82, 2.24) is 0 Å². The van der Waals surface area contributed by atoms with Gasteiger partial charge in [0.1, 0.15) is 19.8 Å². The molecule has 0 aromatic heterocycles. The maximum atomic E-state index is 12.6. The number of carbonyl (C=O) groups excluding carboxylic acids is 2. The fourth-order valence-corrected chi connectivity index (χ4v) is 6.54. The summed E-state index contributed by atoms with van der Waals surface area (Å²) in [5.41, 5.74) is 0. The molecule has 1 aliphatic rings. The molecule has 0 bridgehead atoms. The van der Waals surface area contributed by atoms with E-state index in [0.717, 1.165) is 51.4 Å². The zero-order valence-electron chi connectivity index (χ0n) is 35.3. The molecule has 0 saturated carbocycles. The molecular formula is C44H78NO9P. The van der Waals surface area contributed by atoms with Crippen molar-refractivity contribution >= 4 is 19.8 Å². The van der Waals surface area contributed by atoms with Gasteiger partial charge in [-0.3, -0.25) is 14.2 Å². The molecule has 0 radical (unpaired) electrons. The Balaban J connectivity index is 2.32. The zero-order valence-corrected chi connectivity index (χ0v) is 36.2. The van der Waals surface area contributed by atoms with E-state index in [1.807, 2.05) is 27.2 Å². The van der Waals surface area contributed by atoms with Gasteiger partial charge in [0.15, 0.2) is 6.10 Å². The van der Waals surface area contributed by atoms with Gasteiger partial charge >= 0.3 is 11.9 Å². The van der Waals surface area contributed by atoms with E-state index in [1.165, 1.54) is 64.2 Å². The third-order valence-electron chi connectivity index (χ3n) is 9.34. The second-order valence-electron chi connectivity index (χ2n) is 15.7. The number of rotatable bonds is 37. The lowest BCUT2D eigenvalue weighted by molar-refractivity contribution is -0.870. The van der Waals surface area contributed by atoms with Crippen LogP contribution in [0.25, 0.3) is 0 Å². The third kappa shape index (κ3) is 33.8. The SMILES string of the molecule is CCCCCCCCCCCCCCCC(=O)OCC(COP(=O)([O-])OCC[N+](C)(C)C)OC(=O)CCCC=CCC=CCC=CCC=CCC1OC1CC. The quantitative estimate of drug-likeness (QED) is 0.0151. The maximum absolute atomic E-state index is 12.6. The minimum Gasteiger partial charge on any atom is -0.756 e. The van der Waals surface area contributed by atoms with E-state index in [0.29, 0.717) is 36.1 Å². The lowest BCUT2D eigenvalue weighted by Gasteiger charge is -2.28. The second-order valence-corrected chi connectivity index (χ2v) is 17.1. The Morgan fingerprint density at radius 1 is 0.673 bits per heavy atom. The highest BCUT2D eigenvalue weighted by molar-refractivity contribution is 7.45. The number of hydrogen-bond acceptors (Lipinski definition) is 9. The molecule has 0 amide bonds. The van der Waals surface area contributed by atoms with E-state index >= 15 is 0 Å². The van der Waals surface area contributed by atoms with Crippen molar-refractivity contribution in [3.63, 3.8) is 0 Å². The van der Waals surface area contributed by atoms with E-state index in [-0.39, 0.29) is 26.1 Å². The Morgan fingerprint density at radius 2 is 1.20 bits per heavy atom. The molecule has 1 fully saturated rings. The first-order chi connectivity index (χ1) is 26.5. The van der Waals surface area contributed by atoms with Crippen LogP contribution in [0.5, 0.6) is 0 Å². The first kappa shape index (κ1) is 50.9. The van der Waals surface area contributed by atoms with E-state index < -0.39 is 32.5 Å². The van der Waals surface area contributed by atoms with Crippen LogP contribution in [0.4, 0.5) is 0 Å². The summed E-state index contributed by atoms with van der Waals surface area (Å²) in [5.74, 6) is -0.907. The predicted molar refractivity (Wildman–Crippen MR) is 221 cm³/mol. The number of phosphoric ester groups is 1. The Hall–Kier alpha value is -2.07. The summed E-state index contributed by atoms with van der Waals surface area (Å²) < 4.78 is 39.3. The number of hydrogen-bond donors (Lipinski definition) is 0. The number of likely N-dealkylation sites (N-methyl/N-ethyl adjacent to an activating group) is 1. The molecule has 0 N–H and O–H groups in total. The number of phosphoric acid groups is 1. The lowest BCUT2D eigenvalue weighted by atomic mass is 10.0. The molecule has 1 rings (SSSR count). The largest absolute Gasteiger partial charge is 0.756 e. The van der Waals surface area contributed by atoms with Gasteiger partial charge in [-0.2, -0.15) is 0 Å². The first-order valence-corrected chi connectivity index (χ1v) is 22.9. The molecule has 55 heavy (non-hydrogen) atoms. The second kappa shape index (κ2) is 33.0. The number of carbonyl (C=O) groups is 2. The Morgan fingerprint density at radius 3 is 1.75 bits per heavy atom. The summed E-state index contributed by atoms with van der Waals surface area (Å²) in [5, 5.41) is 0. The van der Waals surface area contributed by atoms with E-state index in [2.05, 4.69) is 56.4 Å². The summed E-state index contributed by atoms with van der Waals surface area (Å²) in [6, 6.07) is 0. The highest BCUT2D eigenvalue weighted by atomic mass is 31.2. The lowest BCUT2D eigenvalue weighted by Crippen LogP contribution is -2.37. The van der Waals surface area contributed by atoms with Crippen LogP contribution in [-0.2, 0) is 37.4 Å². The number of nitrogens with zero attached hydrogens (tertiary/aromatic N) is 1. The molecule has 1 heterocycles. The predicted octanol–water partition coefficient (Wildman–Crippen LogP) is 10.3. The standard InChI is InChI=1S/C44H78NO9P/c1-6-8-9-10-11-12-13-15-19-22-25-28-31-34-43(46)50-38-40(39-52-55(48,49)51-37-36-45(3,4)5)53-44(47)35-32-29-26-23-20-17-14-16-18-21-24-27-30-33-42-41(7-2)54-42/h14,17-18,21,23,26-27,30,40-42H,6-13,15-16,19-20,22,24-25,28-29,31-39H2,1-5H3. The van der Waals surface area contributed by atoms with Gasteiger partial charge in [-0.25, -0.2) is 0 Å². The van der Waals surface area contributed by atoms with Crippen molar-refractivity contribution in [2.24, 2.45) is 0 Å². The van der Waals surface area contributed by atoms with Crippen LogP contribution in [0.15, 0.2) is 48.6 Å². The molecule has 1 aliphatic heterocycles. The fourth-order valence-electron chi connectivity index (χ4n) is 5.82. The van der Waals surface area contributed by atoms with Gasteiger partial charge in [0.25, 0.3) is 7.82 Å². The number of esters is 2. The van der Waals surface area contributed by atoms with Crippen molar-refractivity contribution in [2.45, 2.75) is 173 Å². The normalized spacial score (nSPS) is 17.8. The molecule has 1 saturated heterocycles. The van der Waals surface area contributed by atoms with Crippen molar-refractivity contribution in [2.75, 3.05) is 47.5 Å². The van der Waals surface area contributed by atoms with E-state index in [1.54, 1.807) is 0 Å². The number of allylic oxidation sites excluding steroid dienone is 7. The van der Waals surface area contributed by atoms with Crippen molar-refractivity contribution in [3.05, 3.63) is 48.6 Å². The Kier molecular flexibility index (Phi) is 30.5. The molecule has 10 nitrogen and oxygen atoms in total. The van der Waals surface area contributed by atoms with Crippen molar-refractivity contribution in [1.29, 1.82) is 0 Å². The number of ether oxygens (including phenoxy) is 3. The number of epoxide rings is 1. The summed E-state index contributed by atoms with van der Waals surface area (Å²) in [4.78, 5) is 37.5. The van der Waals surface area contributed by atoms with Crippen molar-refractivity contribution < 1.29 is 46.8 Å². The molecule has 4 unspecified atom stereocenters. The van der Waals surface area contributed by atoms with Crippen LogP contribution in [-0.4, -0.2) is 82.2 Å². The van der Waals surface area contributed by atoms with E-state index in [4.69, 9.17) is 23.3 Å². The van der Waals surface area contributed by atoms with Gasteiger partial charge in [-0.15, -0.1) is 0 Å². The van der Waals surface area contributed by atoms with Gasteiger partial charge in [-0.1, -0.05) is 140 Å². The summed E-state index contributed by atoms with van der Waals surface area (Å²) in [7, 11) is 1.12. The topological polar surface area (TPSA) is 124 Å². The molecule has 0 aliphatic carbocycles. The molecule has 318 valence electrons. The highest BCUT2D eigenvalue weighted by Gasteiger charge is 2.35. The molecule has 4 atom stereocenters. The van der Waals surface area contributed by atoms with Crippen LogP contribution >= 0.6 is 7.82 Å². The molecule has 0 spiro atoms. The average Bonchev–Trinajstić information content (AvgIpc) is 3.91. The maximum Gasteiger partial charge on any atom is 0.306 e.